The zero-order chi connectivity index (χ0) is 25.4. The van der Waals surface area contributed by atoms with Crippen molar-refractivity contribution in [3.05, 3.63) is 106 Å². The van der Waals surface area contributed by atoms with Crippen LogP contribution in [0.1, 0.15) is 36.1 Å². The Morgan fingerprint density at radius 2 is 1.63 bits per heavy atom. The molecule has 0 aliphatic heterocycles. The molecule has 0 saturated carbocycles. The number of halogens is 2. The molecule has 0 fully saturated rings. The minimum Gasteiger partial charge on any atom is -0.354 e. The molecule has 3 aromatic rings. The first-order valence-corrected chi connectivity index (χ1v) is 12.2. The smallest absolute Gasteiger partial charge is 0.243 e. The maximum absolute atomic E-state index is 14.5. The third kappa shape index (κ3) is 7.66. The first-order valence-electron chi connectivity index (χ1n) is 11.8. The summed E-state index contributed by atoms with van der Waals surface area (Å²) >= 11 is 6.22. The second kappa shape index (κ2) is 12.5. The van der Waals surface area contributed by atoms with Gasteiger partial charge in [0.15, 0.2) is 0 Å². The quantitative estimate of drug-likeness (QED) is 0.390. The van der Waals surface area contributed by atoms with Crippen LogP contribution in [0.2, 0.25) is 5.02 Å². The van der Waals surface area contributed by atoms with Gasteiger partial charge in [-0.3, -0.25) is 9.59 Å². The van der Waals surface area contributed by atoms with Crippen LogP contribution in [0.3, 0.4) is 0 Å². The molecule has 4 nitrogen and oxygen atoms in total. The van der Waals surface area contributed by atoms with Crippen molar-refractivity contribution in [2.24, 2.45) is 5.92 Å². The first kappa shape index (κ1) is 26.4. The predicted molar refractivity (Wildman–Crippen MR) is 139 cm³/mol. The van der Waals surface area contributed by atoms with E-state index in [-0.39, 0.29) is 41.3 Å². The van der Waals surface area contributed by atoms with Crippen LogP contribution >= 0.6 is 11.6 Å². The third-order valence-corrected chi connectivity index (χ3v) is 6.17. The van der Waals surface area contributed by atoms with Crippen molar-refractivity contribution in [1.29, 1.82) is 0 Å². The standard InChI is InChI=1S/C29H32ClFN2O2/c1-20(2)18-32-29(35)27(16-22-8-5-4-6-9-22)33(19-23-14-12-21(3)13-15-23)28(34)17-24-25(30)10-7-11-26(24)31/h4-15,20,27H,16-19H2,1-3H3,(H,32,35)/t27-/m1/s1. The lowest BCUT2D eigenvalue weighted by Crippen LogP contribution is -2.51. The highest BCUT2D eigenvalue weighted by Gasteiger charge is 2.31. The van der Waals surface area contributed by atoms with Crippen molar-refractivity contribution in [2.75, 3.05) is 6.54 Å². The minimum absolute atomic E-state index is 0.133. The second-order valence-corrected chi connectivity index (χ2v) is 9.64. The molecule has 2 amide bonds. The van der Waals surface area contributed by atoms with Gasteiger partial charge in [-0.25, -0.2) is 4.39 Å². The first-order chi connectivity index (χ1) is 16.7. The van der Waals surface area contributed by atoms with E-state index < -0.39 is 11.9 Å². The highest BCUT2D eigenvalue weighted by Crippen LogP contribution is 2.22. The van der Waals surface area contributed by atoms with E-state index in [4.69, 9.17) is 11.6 Å². The molecule has 0 spiro atoms. The zero-order valence-corrected chi connectivity index (χ0v) is 21.2. The van der Waals surface area contributed by atoms with Crippen LogP contribution in [0.15, 0.2) is 72.8 Å². The van der Waals surface area contributed by atoms with E-state index >= 15 is 0 Å². The maximum Gasteiger partial charge on any atom is 0.243 e. The molecule has 0 radical (unpaired) electrons. The summed E-state index contributed by atoms with van der Waals surface area (Å²) < 4.78 is 14.5. The largest absolute Gasteiger partial charge is 0.354 e. The Kier molecular flexibility index (Phi) is 9.44. The van der Waals surface area contributed by atoms with Crippen molar-refractivity contribution >= 4 is 23.4 Å². The molecule has 3 rings (SSSR count). The molecule has 1 N–H and O–H groups in total. The predicted octanol–water partition coefficient (Wildman–Crippen LogP) is 5.74. The number of carbonyl (C=O) groups excluding carboxylic acids is 2. The maximum atomic E-state index is 14.5. The molecule has 0 aliphatic carbocycles. The van der Waals surface area contributed by atoms with Gasteiger partial charge < -0.3 is 10.2 Å². The average molecular weight is 495 g/mol. The summed E-state index contributed by atoms with van der Waals surface area (Å²) in [6.45, 7) is 6.74. The fraction of sp³-hybridized carbons (Fsp3) is 0.310. The normalized spacial score (nSPS) is 11.8. The number of rotatable bonds is 10. The molecule has 0 heterocycles. The molecule has 0 unspecified atom stereocenters. The van der Waals surface area contributed by atoms with Crippen molar-refractivity contribution in [3.63, 3.8) is 0 Å². The van der Waals surface area contributed by atoms with Crippen LogP contribution < -0.4 is 5.32 Å². The molecular formula is C29H32ClFN2O2. The number of hydrogen-bond acceptors (Lipinski definition) is 2. The lowest BCUT2D eigenvalue weighted by Gasteiger charge is -2.32. The second-order valence-electron chi connectivity index (χ2n) is 9.23. The average Bonchev–Trinajstić information content (AvgIpc) is 2.84. The Hall–Kier alpha value is -3.18. The highest BCUT2D eigenvalue weighted by molar-refractivity contribution is 6.31. The summed E-state index contributed by atoms with van der Waals surface area (Å²) in [6, 6.07) is 21.0. The number of carbonyl (C=O) groups is 2. The van der Waals surface area contributed by atoms with Gasteiger partial charge in [0.2, 0.25) is 11.8 Å². The van der Waals surface area contributed by atoms with E-state index in [1.807, 2.05) is 75.4 Å². The van der Waals surface area contributed by atoms with Gasteiger partial charge in [0.05, 0.1) is 6.42 Å². The highest BCUT2D eigenvalue weighted by atomic mass is 35.5. The number of nitrogens with one attached hydrogen (secondary N) is 1. The number of aryl methyl sites for hydroxylation is 1. The van der Waals surface area contributed by atoms with Crippen LogP contribution in [-0.4, -0.2) is 29.3 Å². The Balaban J connectivity index is 1.98. The van der Waals surface area contributed by atoms with Gasteiger partial charge in [-0.2, -0.15) is 0 Å². The fourth-order valence-electron chi connectivity index (χ4n) is 3.82. The molecule has 1 atom stereocenters. The molecular weight excluding hydrogens is 463 g/mol. The van der Waals surface area contributed by atoms with Gasteiger partial charge in [-0.1, -0.05) is 91.7 Å². The van der Waals surface area contributed by atoms with Gasteiger partial charge in [-0.15, -0.1) is 0 Å². The van der Waals surface area contributed by atoms with Crippen LogP contribution in [0.5, 0.6) is 0 Å². The van der Waals surface area contributed by atoms with Gasteiger partial charge >= 0.3 is 0 Å². The summed E-state index contributed by atoms with van der Waals surface area (Å²) in [4.78, 5) is 28.7. The lowest BCUT2D eigenvalue weighted by atomic mass is 10.0. The zero-order valence-electron chi connectivity index (χ0n) is 20.4. The van der Waals surface area contributed by atoms with E-state index in [0.29, 0.717) is 13.0 Å². The fourth-order valence-corrected chi connectivity index (χ4v) is 4.05. The van der Waals surface area contributed by atoms with Gasteiger partial charge in [-0.05, 0) is 36.1 Å². The summed E-state index contributed by atoms with van der Waals surface area (Å²) in [5, 5.41) is 3.18. The summed E-state index contributed by atoms with van der Waals surface area (Å²) in [5.74, 6) is -0.874. The molecule has 3 aromatic carbocycles. The summed E-state index contributed by atoms with van der Waals surface area (Å²) in [7, 11) is 0. The Morgan fingerprint density at radius 3 is 2.26 bits per heavy atom. The summed E-state index contributed by atoms with van der Waals surface area (Å²) in [6.07, 6.45) is 0.105. The van der Waals surface area contributed by atoms with E-state index in [9.17, 15) is 14.0 Å². The van der Waals surface area contributed by atoms with E-state index in [0.717, 1.165) is 16.7 Å². The number of hydrogen-bond donors (Lipinski definition) is 1. The number of nitrogens with zero attached hydrogens (tertiary/aromatic N) is 1. The molecule has 0 aliphatic rings. The van der Waals surface area contributed by atoms with Crippen LogP contribution in [-0.2, 0) is 29.0 Å². The lowest BCUT2D eigenvalue weighted by molar-refractivity contribution is -0.140. The third-order valence-electron chi connectivity index (χ3n) is 5.82. The Labute approximate surface area is 212 Å². The molecule has 0 bridgehead atoms. The van der Waals surface area contributed by atoms with E-state index in [1.165, 1.54) is 12.1 Å². The van der Waals surface area contributed by atoms with Gasteiger partial charge in [0.1, 0.15) is 11.9 Å². The Bertz CT molecular complexity index is 1110. The number of benzene rings is 3. The van der Waals surface area contributed by atoms with Crippen LogP contribution in [0.4, 0.5) is 4.39 Å². The van der Waals surface area contributed by atoms with Crippen molar-refractivity contribution in [3.8, 4) is 0 Å². The van der Waals surface area contributed by atoms with Crippen molar-refractivity contribution in [2.45, 2.75) is 46.2 Å². The summed E-state index contributed by atoms with van der Waals surface area (Å²) in [5.41, 5.74) is 3.05. The molecule has 0 aromatic heterocycles. The van der Waals surface area contributed by atoms with Crippen LogP contribution in [0.25, 0.3) is 0 Å². The van der Waals surface area contributed by atoms with Gasteiger partial charge in [0, 0.05) is 30.1 Å². The van der Waals surface area contributed by atoms with E-state index in [2.05, 4.69) is 5.32 Å². The topological polar surface area (TPSA) is 49.4 Å². The van der Waals surface area contributed by atoms with Crippen LogP contribution in [0, 0.1) is 18.7 Å². The number of amides is 2. The molecule has 184 valence electrons. The minimum atomic E-state index is -0.768. The molecule has 0 saturated heterocycles. The SMILES string of the molecule is Cc1ccc(CN(C(=O)Cc2c(F)cccc2Cl)[C@H](Cc2ccccc2)C(=O)NCC(C)C)cc1. The van der Waals surface area contributed by atoms with Crippen molar-refractivity contribution < 1.29 is 14.0 Å². The van der Waals surface area contributed by atoms with Gasteiger partial charge in [0.25, 0.3) is 0 Å². The monoisotopic (exact) mass is 494 g/mol. The molecule has 6 heteroatoms. The van der Waals surface area contributed by atoms with E-state index in [1.54, 1.807) is 11.0 Å². The Morgan fingerprint density at radius 1 is 0.943 bits per heavy atom. The van der Waals surface area contributed by atoms with Crippen molar-refractivity contribution in [1.82, 2.24) is 10.2 Å². The molecule has 35 heavy (non-hydrogen) atoms.